The molecule has 0 unspecified atom stereocenters. The van der Waals surface area contributed by atoms with Crippen LogP contribution in [-0.2, 0) is 26.8 Å². The number of carbonyl (C=O) groups excluding carboxylic acids is 1. The minimum absolute atomic E-state index is 0.304. The Morgan fingerprint density at radius 2 is 1.74 bits per heavy atom. The molecule has 1 fully saturated rings. The molecule has 0 aliphatic carbocycles. The molecule has 0 radical (unpaired) electrons. The first-order valence-electron chi connectivity index (χ1n) is 12.1. The number of nitriles is 1. The van der Waals surface area contributed by atoms with E-state index in [2.05, 4.69) is 26.2 Å². The van der Waals surface area contributed by atoms with Gasteiger partial charge in [0.25, 0.3) is 10.2 Å². The maximum Gasteiger partial charge on any atom is 0.323 e. The van der Waals surface area contributed by atoms with E-state index >= 15 is 0 Å². The van der Waals surface area contributed by atoms with E-state index in [1.54, 1.807) is 6.08 Å². The van der Waals surface area contributed by atoms with Crippen molar-refractivity contribution in [1.29, 1.82) is 5.26 Å². The first kappa shape index (κ1) is 27.0. The molecule has 1 N–H and O–H groups in total. The summed E-state index contributed by atoms with van der Waals surface area (Å²) in [5.74, 6) is 5.79. The van der Waals surface area contributed by atoms with E-state index in [-0.39, 0.29) is 0 Å². The number of hydrogen-bond acceptors (Lipinski definition) is 6. The number of hydrogen-bond donors (Lipinski definition) is 1. The Balaban J connectivity index is 1.40. The molecule has 0 saturated carbocycles. The van der Waals surface area contributed by atoms with Gasteiger partial charge in [-0.3, -0.25) is 4.79 Å². The molecule has 1 aliphatic heterocycles. The minimum Gasteiger partial charge on any atom is -0.468 e. The fraction of sp³-hybridized carbons (Fsp3) is 0.286. The number of nitrogens with zero attached hydrogens (tertiary/aromatic N) is 4. The van der Waals surface area contributed by atoms with E-state index in [0.29, 0.717) is 26.2 Å². The van der Waals surface area contributed by atoms with Crippen molar-refractivity contribution >= 4 is 38.8 Å². The van der Waals surface area contributed by atoms with Crippen molar-refractivity contribution < 1.29 is 17.9 Å². The van der Waals surface area contributed by atoms with E-state index in [1.165, 1.54) is 24.4 Å². The zero-order valence-electron chi connectivity index (χ0n) is 21.5. The normalized spacial score (nSPS) is 15.2. The third-order valence-electron chi connectivity index (χ3n) is 6.40. The predicted octanol–water partition coefficient (Wildman–Crippen LogP) is 2.63. The lowest BCUT2D eigenvalue weighted by Gasteiger charge is -2.35. The molecule has 2 heterocycles. The van der Waals surface area contributed by atoms with Gasteiger partial charge in [0.2, 0.25) is 0 Å². The largest absolute Gasteiger partial charge is 0.468 e. The summed E-state index contributed by atoms with van der Waals surface area (Å²) in [5.41, 5.74) is 4.78. The predicted molar refractivity (Wildman–Crippen MR) is 147 cm³/mol. The van der Waals surface area contributed by atoms with E-state index in [0.717, 1.165) is 33.3 Å². The Bertz CT molecular complexity index is 1570. The Morgan fingerprint density at radius 3 is 2.39 bits per heavy atom. The van der Waals surface area contributed by atoms with Crippen LogP contribution in [-0.4, -0.2) is 62.6 Å². The number of rotatable bonds is 6. The van der Waals surface area contributed by atoms with Gasteiger partial charge in [-0.05, 0) is 55.5 Å². The van der Waals surface area contributed by atoms with Gasteiger partial charge in [-0.15, -0.1) is 0 Å². The number of fused-ring (bicyclic) bond motifs is 1. The van der Waals surface area contributed by atoms with Crippen molar-refractivity contribution in [3.63, 3.8) is 0 Å². The lowest BCUT2D eigenvalue weighted by Crippen LogP contribution is -2.54. The van der Waals surface area contributed by atoms with Gasteiger partial charge < -0.3 is 14.2 Å². The lowest BCUT2D eigenvalue weighted by atomic mass is 10.1. The molecule has 1 atom stereocenters. The lowest BCUT2D eigenvalue weighted by molar-refractivity contribution is -0.142. The molecule has 1 aromatic heterocycles. The van der Waals surface area contributed by atoms with Gasteiger partial charge in [-0.25, -0.2) is 0 Å². The third kappa shape index (κ3) is 6.06. The standard InChI is InChI=1S/C28H29N5O4S/c1-21(28(34)37-3)30-38(35,36)33-17-15-32(16-18-33)25-11-8-22(9-12-25)6-7-23-10-13-27-26(19-23)24(5-4-14-29)20-31(27)2/h4-5,8-13,19-21,30H,15-18H2,1-3H3/t21-/m0/s1. The summed E-state index contributed by atoms with van der Waals surface area (Å²) in [5, 5.41) is 9.90. The van der Waals surface area contributed by atoms with Gasteiger partial charge in [-0.1, -0.05) is 11.8 Å². The molecule has 9 nitrogen and oxygen atoms in total. The zero-order valence-corrected chi connectivity index (χ0v) is 22.3. The van der Waals surface area contributed by atoms with Crippen molar-refractivity contribution in [2.75, 3.05) is 38.2 Å². The minimum atomic E-state index is -3.79. The van der Waals surface area contributed by atoms with Crippen LogP contribution in [0, 0.1) is 23.2 Å². The highest BCUT2D eigenvalue weighted by molar-refractivity contribution is 7.87. The number of ether oxygens (including phenoxy) is 1. The number of esters is 1. The van der Waals surface area contributed by atoms with Gasteiger partial charge in [0.15, 0.2) is 0 Å². The fourth-order valence-electron chi connectivity index (χ4n) is 4.37. The quantitative estimate of drug-likeness (QED) is 0.298. The van der Waals surface area contributed by atoms with Crippen molar-refractivity contribution in [3.8, 4) is 17.9 Å². The summed E-state index contributed by atoms with van der Waals surface area (Å²) in [4.78, 5) is 13.7. The number of piperazine rings is 1. The molecular weight excluding hydrogens is 502 g/mol. The molecule has 0 spiro atoms. The van der Waals surface area contributed by atoms with E-state index in [4.69, 9.17) is 5.26 Å². The summed E-state index contributed by atoms with van der Waals surface area (Å²) in [6.07, 6.45) is 5.26. The molecule has 0 amide bonds. The summed E-state index contributed by atoms with van der Waals surface area (Å²) in [7, 11) is -0.592. The molecule has 0 bridgehead atoms. The van der Waals surface area contributed by atoms with Gasteiger partial charge in [-0.2, -0.15) is 22.7 Å². The molecule has 2 aromatic carbocycles. The van der Waals surface area contributed by atoms with Crippen LogP contribution in [0.2, 0.25) is 0 Å². The second kappa shape index (κ2) is 11.5. The topological polar surface area (TPSA) is 108 Å². The Hall–Kier alpha value is -4.09. The molecule has 10 heteroatoms. The number of methoxy groups -OCH3 is 1. The Kier molecular flexibility index (Phi) is 8.18. The highest BCUT2D eigenvalue weighted by Crippen LogP contribution is 2.23. The SMILES string of the molecule is COC(=O)[C@H](C)NS(=O)(=O)N1CCN(c2ccc(C#Cc3ccc4c(c3)c(C=CC#N)cn4C)cc2)CC1. The maximum atomic E-state index is 12.6. The number of carbonyl (C=O) groups is 1. The second-order valence-electron chi connectivity index (χ2n) is 8.94. The first-order chi connectivity index (χ1) is 18.2. The molecular formula is C28H29N5O4S. The maximum absolute atomic E-state index is 12.6. The number of aryl methyl sites for hydroxylation is 1. The fourth-order valence-corrected chi connectivity index (χ4v) is 5.71. The van der Waals surface area contributed by atoms with Gasteiger partial charge in [0, 0.05) is 78.8 Å². The van der Waals surface area contributed by atoms with Crippen LogP contribution < -0.4 is 9.62 Å². The first-order valence-corrected chi connectivity index (χ1v) is 13.5. The van der Waals surface area contributed by atoms with Crippen LogP contribution in [0.4, 0.5) is 5.69 Å². The van der Waals surface area contributed by atoms with E-state index in [1.807, 2.05) is 66.3 Å². The van der Waals surface area contributed by atoms with Crippen molar-refractivity contribution in [2.45, 2.75) is 13.0 Å². The summed E-state index contributed by atoms with van der Waals surface area (Å²) in [6, 6.07) is 15.0. The summed E-state index contributed by atoms with van der Waals surface area (Å²) >= 11 is 0. The molecule has 4 rings (SSSR count). The van der Waals surface area contributed by atoms with Crippen LogP contribution in [0.1, 0.15) is 23.6 Å². The number of nitrogens with one attached hydrogen (secondary N) is 1. The van der Waals surface area contributed by atoms with Gasteiger partial charge in [0.05, 0.1) is 13.2 Å². The molecule has 196 valence electrons. The van der Waals surface area contributed by atoms with Crippen molar-refractivity contribution in [2.24, 2.45) is 7.05 Å². The van der Waals surface area contributed by atoms with Crippen molar-refractivity contribution in [1.82, 2.24) is 13.6 Å². The van der Waals surface area contributed by atoms with Crippen LogP contribution >= 0.6 is 0 Å². The molecule has 1 aliphatic rings. The summed E-state index contributed by atoms with van der Waals surface area (Å²) in [6.45, 7) is 3.11. The smallest absolute Gasteiger partial charge is 0.323 e. The summed E-state index contributed by atoms with van der Waals surface area (Å²) < 4.78 is 35.5. The van der Waals surface area contributed by atoms with Crippen LogP contribution in [0.25, 0.3) is 17.0 Å². The highest BCUT2D eigenvalue weighted by Gasteiger charge is 2.30. The second-order valence-corrected chi connectivity index (χ2v) is 10.6. The van der Waals surface area contributed by atoms with Gasteiger partial charge in [0.1, 0.15) is 6.04 Å². The van der Waals surface area contributed by atoms with Crippen LogP contribution in [0.15, 0.2) is 54.7 Å². The number of benzene rings is 2. The molecule has 1 saturated heterocycles. The highest BCUT2D eigenvalue weighted by atomic mass is 32.2. The third-order valence-corrected chi connectivity index (χ3v) is 8.10. The number of aromatic nitrogens is 1. The number of anilines is 1. The van der Waals surface area contributed by atoms with E-state index in [9.17, 15) is 13.2 Å². The monoisotopic (exact) mass is 531 g/mol. The van der Waals surface area contributed by atoms with Crippen LogP contribution in [0.3, 0.4) is 0 Å². The average Bonchev–Trinajstić information content (AvgIpc) is 3.24. The Morgan fingerprint density at radius 1 is 1.08 bits per heavy atom. The Labute approximate surface area is 223 Å². The van der Waals surface area contributed by atoms with Crippen LogP contribution in [0.5, 0.6) is 0 Å². The van der Waals surface area contributed by atoms with Gasteiger partial charge >= 0.3 is 5.97 Å². The average molecular weight is 532 g/mol. The van der Waals surface area contributed by atoms with E-state index < -0.39 is 22.2 Å². The van der Waals surface area contributed by atoms with Crippen molar-refractivity contribution in [3.05, 3.63) is 71.4 Å². The number of allylic oxidation sites excluding steroid dienone is 1. The molecule has 3 aromatic rings. The zero-order chi connectivity index (χ0) is 27.3. The molecule has 38 heavy (non-hydrogen) atoms.